The minimum absolute atomic E-state index is 0.0522. The molecule has 20 heavy (non-hydrogen) atoms. The molecular weight excluding hydrogens is 262 g/mol. The fourth-order valence-corrected chi connectivity index (χ4v) is 1.56. The van der Waals surface area contributed by atoms with Gasteiger partial charge in [-0.1, -0.05) is 6.58 Å². The van der Waals surface area contributed by atoms with Crippen molar-refractivity contribution in [1.29, 1.82) is 10.5 Å². The van der Waals surface area contributed by atoms with E-state index in [1.807, 2.05) is 12.1 Å². The van der Waals surface area contributed by atoms with Crippen molar-refractivity contribution in [3.8, 4) is 12.1 Å². The molecule has 0 atom stereocenters. The van der Waals surface area contributed by atoms with Crippen molar-refractivity contribution in [2.24, 2.45) is 0 Å². The Morgan fingerprint density at radius 1 is 0.950 bits per heavy atom. The molecule has 8 heteroatoms. The van der Waals surface area contributed by atoms with Crippen molar-refractivity contribution in [3.05, 3.63) is 43.8 Å². The maximum Gasteiger partial charge on any atom is 0.341 e. The molecule has 0 amide bonds. The van der Waals surface area contributed by atoms with Crippen LogP contribution in [0.25, 0.3) is 6.20 Å². The number of rotatable bonds is 5. The second kappa shape index (κ2) is 6.74. The van der Waals surface area contributed by atoms with Crippen LogP contribution in [-0.2, 0) is 13.1 Å². The molecule has 0 spiro atoms. The molecule has 0 aliphatic heterocycles. The molecule has 1 aromatic heterocycles. The van der Waals surface area contributed by atoms with E-state index in [-0.39, 0.29) is 25.9 Å². The molecule has 8 nitrogen and oxygen atoms in total. The zero-order valence-electron chi connectivity index (χ0n) is 10.6. The van der Waals surface area contributed by atoms with Gasteiger partial charge in [0.25, 0.3) is 0 Å². The maximum atomic E-state index is 12.0. The SMILES string of the molecule is C=C=Cn1c(=O)n(CCC#N)c(=O)n(CCC#N)c1=O. The molecule has 0 radical (unpaired) electrons. The van der Waals surface area contributed by atoms with Crippen LogP contribution in [0.4, 0.5) is 0 Å². The largest absolute Gasteiger partial charge is 0.341 e. The summed E-state index contributed by atoms with van der Waals surface area (Å²) >= 11 is 0. The summed E-state index contributed by atoms with van der Waals surface area (Å²) in [6, 6.07) is 3.63. The van der Waals surface area contributed by atoms with Gasteiger partial charge < -0.3 is 0 Å². The lowest BCUT2D eigenvalue weighted by molar-refractivity contribution is 0.500. The van der Waals surface area contributed by atoms with Crippen LogP contribution in [-0.4, -0.2) is 13.7 Å². The van der Waals surface area contributed by atoms with Gasteiger partial charge >= 0.3 is 17.1 Å². The zero-order valence-corrected chi connectivity index (χ0v) is 10.6. The lowest BCUT2D eigenvalue weighted by Crippen LogP contribution is -2.53. The Morgan fingerprint density at radius 2 is 1.40 bits per heavy atom. The normalized spacial score (nSPS) is 9.30. The van der Waals surface area contributed by atoms with Crippen LogP contribution in [0.2, 0.25) is 0 Å². The standard InChI is InChI=1S/C12H11N5O3/c1-2-7-15-10(18)16(8-3-5-13)12(20)17(11(15)19)9-4-6-14/h7H,1,3-4,8-9H2. The molecule has 1 heterocycles. The molecule has 0 bridgehead atoms. The van der Waals surface area contributed by atoms with Gasteiger partial charge in [-0.05, 0) is 0 Å². The van der Waals surface area contributed by atoms with Crippen molar-refractivity contribution in [3.63, 3.8) is 0 Å². The third-order valence-corrected chi connectivity index (χ3v) is 2.45. The summed E-state index contributed by atoms with van der Waals surface area (Å²) in [7, 11) is 0. The van der Waals surface area contributed by atoms with E-state index in [1.165, 1.54) is 0 Å². The molecule has 0 N–H and O–H groups in total. The van der Waals surface area contributed by atoms with Crippen molar-refractivity contribution in [1.82, 2.24) is 13.7 Å². The van der Waals surface area contributed by atoms with E-state index in [0.29, 0.717) is 4.57 Å². The quantitative estimate of drug-likeness (QED) is 0.655. The minimum atomic E-state index is -0.861. The topological polar surface area (TPSA) is 114 Å². The van der Waals surface area contributed by atoms with Gasteiger partial charge in [0.05, 0.1) is 31.2 Å². The van der Waals surface area contributed by atoms with Crippen LogP contribution in [0.1, 0.15) is 12.8 Å². The summed E-state index contributed by atoms with van der Waals surface area (Å²) in [6.45, 7) is 3.00. The minimum Gasteiger partial charge on any atom is -0.247 e. The Bertz CT molecular complexity index is 750. The summed E-state index contributed by atoms with van der Waals surface area (Å²) in [5.74, 6) is 0. The third kappa shape index (κ3) is 2.83. The molecule has 0 aliphatic rings. The number of aromatic nitrogens is 3. The third-order valence-electron chi connectivity index (χ3n) is 2.45. The average Bonchev–Trinajstić information content (AvgIpc) is 2.43. The molecule has 1 aromatic rings. The predicted molar refractivity (Wildman–Crippen MR) is 69.6 cm³/mol. The molecule has 1 rings (SSSR count). The van der Waals surface area contributed by atoms with Crippen molar-refractivity contribution < 1.29 is 0 Å². The molecule has 0 saturated heterocycles. The van der Waals surface area contributed by atoms with Crippen LogP contribution < -0.4 is 17.1 Å². The lowest BCUT2D eigenvalue weighted by atomic mass is 10.4. The summed E-state index contributed by atoms with van der Waals surface area (Å²) in [4.78, 5) is 36.0. The van der Waals surface area contributed by atoms with Crippen molar-refractivity contribution >= 4 is 6.20 Å². The van der Waals surface area contributed by atoms with E-state index >= 15 is 0 Å². The molecular formula is C12H11N5O3. The zero-order chi connectivity index (χ0) is 15.1. The van der Waals surface area contributed by atoms with E-state index in [1.54, 1.807) is 0 Å². The Hall–Kier alpha value is -3.09. The summed E-state index contributed by atoms with van der Waals surface area (Å²) in [6.07, 6.45) is 0.905. The van der Waals surface area contributed by atoms with Gasteiger partial charge in [-0.15, -0.1) is 5.73 Å². The highest BCUT2D eigenvalue weighted by Crippen LogP contribution is 1.83. The highest BCUT2D eigenvalue weighted by atomic mass is 16.2. The van der Waals surface area contributed by atoms with Crippen LogP contribution in [0.3, 0.4) is 0 Å². The molecule has 0 aromatic carbocycles. The van der Waals surface area contributed by atoms with Gasteiger partial charge in [-0.2, -0.15) is 10.5 Å². The predicted octanol–water partition coefficient (Wildman–Crippen LogP) is -0.745. The fraction of sp³-hybridized carbons (Fsp3) is 0.333. The number of hydrogen-bond acceptors (Lipinski definition) is 5. The summed E-state index contributed by atoms with van der Waals surface area (Å²) in [5, 5.41) is 17.1. The van der Waals surface area contributed by atoms with E-state index in [4.69, 9.17) is 10.5 Å². The second-order valence-corrected chi connectivity index (χ2v) is 3.67. The Kier molecular flexibility index (Phi) is 5.04. The van der Waals surface area contributed by atoms with Gasteiger partial charge in [0.15, 0.2) is 0 Å². The smallest absolute Gasteiger partial charge is 0.247 e. The molecule has 0 aliphatic carbocycles. The summed E-state index contributed by atoms with van der Waals surface area (Å²) in [5.41, 5.74) is -0.276. The number of hydrogen-bond donors (Lipinski definition) is 0. The first kappa shape index (κ1) is 15.0. The van der Waals surface area contributed by atoms with Crippen LogP contribution in [0.5, 0.6) is 0 Å². The Morgan fingerprint density at radius 3 is 1.75 bits per heavy atom. The van der Waals surface area contributed by atoms with Crippen LogP contribution in [0, 0.1) is 22.7 Å². The van der Waals surface area contributed by atoms with Crippen molar-refractivity contribution in [2.45, 2.75) is 25.9 Å². The maximum absolute atomic E-state index is 12.0. The van der Waals surface area contributed by atoms with Crippen molar-refractivity contribution in [2.75, 3.05) is 0 Å². The Balaban J connectivity index is 3.66. The van der Waals surface area contributed by atoms with Crippen LogP contribution in [0.15, 0.2) is 26.7 Å². The molecule has 0 fully saturated rings. The van der Waals surface area contributed by atoms with Gasteiger partial charge in [-0.3, -0.25) is 0 Å². The van der Waals surface area contributed by atoms with E-state index in [9.17, 15) is 14.4 Å². The van der Waals surface area contributed by atoms with Gasteiger partial charge in [0.2, 0.25) is 0 Å². The highest BCUT2D eigenvalue weighted by Gasteiger charge is 2.13. The molecule has 102 valence electrons. The summed E-state index contributed by atoms with van der Waals surface area (Å²) < 4.78 is 2.22. The lowest BCUT2D eigenvalue weighted by Gasteiger charge is -2.09. The monoisotopic (exact) mass is 273 g/mol. The van der Waals surface area contributed by atoms with E-state index < -0.39 is 17.1 Å². The van der Waals surface area contributed by atoms with Gasteiger partial charge in [-0.25, -0.2) is 28.1 Å². The fourth-order valence-electron chi connectivity index (χ4n) is 1.56. The first-order chi connectivity index (χ1) is 9.58. The first-order valence-corrected chi connectivity index (χ1v) is 5.64. The van der Waals surface area contributed by atoms with E-state index in [0.717, 1.165) is 15.3 Å². The van der Waals surface area contributed by atoms with Gasteiger partial charge in [0, 0.05) is 13.1 Å². The number of nitrogens with zero attached hydrogens (tertiary/aromatic N) is 5. The first-order valence-electron chi connectivity index (χ1n) is 5.64. The second-order valence-electron chi connectivity index (χ2n) is 3.67. The highest BCUT2D eigenvalue weighted by molar-refractivity contribution is 5.17. The molecule has 0 saturated carbocycles. The Labute approximate surface area is 113 Å². The average molecular weight is 273 g/mol. The van der Waals surface area contributed by atoms with Crippen LogP contribution >= 0.6 is 0 Å². The van der Waals surface area contributed by atoms with E-state index in [2.05, 4.69) is 12.3 Å². The molecule has 0 unspecified atom stereocenters. The number of nitriles is 2. The van der Waals surface area contributed by atoms with Gasteiger partial charge in [0.1, 0.15) is 0 Å².